The topological polar surface area (TPSA) is 111 Å². The highest BCUT2D eigenvalue weighted by atomic mass is 19.1. The molecule has 2 saturated heterocycles. The SMILES string of the molecule is CC1(C)C(=O)NCCN1C(=O)CCC(=O)N1CCC[C@@H]1c1n[nH]c(Cc2ccc(F)cc2)n1. The van der Waals surface area contributed by atoms with Gasteiger partial charge in [-0.25, -0.2) is 9.37 Å². The summed E-state index contributed by atoms with van der Waals surface area (Å²) in [5, 5.41) is 10.0. The van der Waals surface area contributed by atoms with E-state index < -0.39 is 5.54 Å². The smallest absolute Gasteiger partial charge is 0.245 e. The highest BCUT2D eigenvalue weighted by molar-refractivity contribution is 5.93. The molecule has 2 aromatic rings. The molecule has 0 spiro atoms. The number of hydrogen-bond donors (Lipinski definition) is 2. The van der Waals surface area contributed by atoms with Gasteiger partial charge in [-0.05, 0) is 44.4 Å². The predicted molar refractivity (Wildman–Crippen MR) is 117 cm³/mol. The number of carbonyl (C=O) groups excluding carboxylic acids is 3. The summed E-state index contributed by atoms with van der Waals surface area (Å²) in [6, 6.07) is 5.98. The van der Waals surface area contributed by atoms with Gasteiger partial charge in [0.25, 0.3) is 0 Å². The predicted octanol–water partition coefficient (Wildman–Crippen LogP) is 1.72. The number of amides is 3. The number of aromatic amines is 1. The summed E-state index contributed by atoms with van der Waals surface area (Å²) in [6.45, 7) is 4.87. The lowest BCUT2D eigenvalue weighted by Gasteiger charge is -2.41. The number of piperazine rings is 1. The summed E-state index contributed by atoms with van der Waals surface area (Å²) in [5.41, 5.74) is -0.0136. The standard InChI is InChI=1S/C23H29FN6O3/c1-23(2)22(33)25-11-13-30(23)20(32)10-9-19(31)29-12-3-4-17(29)21-26-18(27-28-21)14-15-5-7-16(24)8-6-15/h5-8,17H,3-4,9-14H2,1-2H3,(H,25,33)(H,26,27,28)/t17-/m1/s1. The Labute approximate surface area is 191 Å². The Morgan fingerprint density at radius 1 is 1.15 bits per heavy atom. The van der Waals surface area contributed by atoms with Crippen LogP contribution in [0.3, 0.4) is 0 Å². The Hall–Kier alpha value is -3.30. The minimum Gasteiger partial charge on any atom is -0.352 e. The van der Waals surface area contributed by atoms with E-state index in [2.05, 4.69) is 20.5 Å². The molecule has 33 heavy (non-hydrogen) atoms. The van der Waals surface area contributed by atoms with Crippen molar-refractivity contribution >= 4 is 17.7 Å². The highest BCUT2D eigenvalue weighted by Gasteiger charge is 2.40. The van der Waals surface area contributed by atoms with Crippen molar-refractivity contribution in [3.05, 3.63) is 47.3 Å². The Morgan fingerprint density at radius 3 is 2.64 bits per heavy atom. The van der Waals surface area contributed by atoms with E-state index >= 15 is 0 Å². The zero-order valence-electron chi connectivity index (χ0n) is 18.9. The Balaban J connectivity index is 1.36. The molecule has 0 aliphatic carbocycles. The number of halogens is 1. The van der Waals surface area contributed by atoms with Gasteiger partial charge >= 0.3 is 0 Å². The maximum Gasteiger partial charge on any atom is 0.245 e. The van der Waals surface area contributed by atoms with Crippen molar-refractivity contribution < 1.29 is 18.8 Å². The molecule has 176 valence electrons. The largest absolute Gasteiger partial charge is 0.352 e. The molecule has 1 atom stereocenters. The highest BCUT2D eigenvalue weighted by Crippen LogP contribution is 2.31. The molecular weight excluding hydrogens is 427 g/mol. The van der Waals surface area contributed by atoms with E-state index in [0.717, 1.165) is 18.4 Å². The first-order valence-electron chi connectivity index (χ1n) is 11.3. The maximum absolute atomic E-state index is 13.1. The Morgan fingerprint density at radius 2 is 1.88 bits per heavy atom. The number of carbonyl (C=O) groups is 3. The molecule has 10 heteroatoms. The van der Waals surface area contributed by atoms with Crippen LogP contribution in [0.2, 0.25) is 0 Å². The van der Waals surface area contributed by atoms with Gasteiger partial charge in [-0.1, -0.05) is 12.1 Å². The molecule has 1 aromatic heterocycles. The van der Waals surface area contributed by atoms with E-state index in [9.17, 15) is 18.8 Å². The first kappa shape index (κ1) is 22.9. The van der Waals surface area contributed by atoms with Crippen LogP contribution in [0.25, 0.3) is 0 Å². The Bertz CT molecular complexity index is 1040. The van der Waals surface area contributed by atoms with Gasteiger partial charge in [-0.2, -0.15) is 5.10 Å². The minimum atomic E-state index is -0.922. The number of likely N-dealkylation sites (tertiary alicyclic amines) is 1. The molecule has 2 N–H and O–H groups in total. The molecule has 0 unspecified atom stereocenters. The molecule has 9 nitrogen and oxygen atoms in total. The number of rotatable bonds is 6. The number of nitrogens with one attached hydrogen (secondary N) is 2. The van der Waals surface area contributed by atoms with Gasteiger partial charge in [0.1, 0.15) is 17.2 Å². The second-order valence-corrected chi connectivity index (χ2v) is 9.05. The second-order valence-electron chi connectivity index (χ2n) is 9.05. The fraction of sp³-hybridized carbons (Fsp3) is 0.522. The summed E-state index contributed by atoms with van der Waals surface area (Å²) in [4.78, 5) is 45.7. The summed E-state index contributed by atoms with van der Waals surface area (Å²) < 4.78 is 13.1. The van der Waals surface area contributed by atoms with Gasteiger partial charge in [-0.15, -0.1) is 0 Å². The van der Waals surface area contributed by atoms with Gasteiger partial charge in [-0.3, -0.25) is 19.5 Å². The van der Waals surface area contributed by atoms with Crippen LogP contribution in [-0.4, -0.2) is 67.9 Å². The molecule has 3 amide bonds. The third kappa shape index (κ3) is 4.89. The average Bonchev–Trinajstić information content (AvgIpc) is 3.45. The normalized spacial score (nSPS) is 20.1. The molecule has 0 saturated carbocycles. The number of hydrogen-bond acceptors (Lipinski definition) is 5. The van der Waals surface area contributed by atoms with Crippen molar-refractivity contribution in [1.82, 2.24) is 30.3 Å². The molecule has 4 rings (SSSR count). The van der Waals surface area contributed by atoms with Crippen LogP contribution in [0.1, 0.15) is 62.8 Å². The molecule has 0 bridgehead atoms. The second kappa shape index (κ2) is 9.29. The van der Waals surface area contributed by atoms with Crippen molar-refractivity contribution in [2.45, 2.75) is 57.5 Å². The first-order chi connectivity index (χ1) is 15.8. The van der Waals surface area contributed by atoms with E-state index in [1.54, 1.807) is 35.8 Å². The lowest BCUT2D eigenvalue weighted by Crippen LogP contribution is -2.63. The van der Waals surface area contributed by atoms with Gasteiger partial charge < -0.3 is 15.1 Å². The molecule has 1 aromatic carbocycles. The minimum absolute atomic E-state index is 0.0581. The van der Waals surface area contributed by atoms with Crippen LogP contribution in [0.15, 0.2) is 24.3 Å². The van der Waals surface area contributed by atoms with Crippen LogP contribution in [-0.2, 0) is 20.8 Å². The zero-order chi connectivity index (χ0) is 23.6. The van der Waals surface area contributed by atoms with E-state index in [1.807, 2.05) is 0 Å². The number of H-pyrrole nitrogens is 1. The lowest BCUT2D eigenvalue weighted by molar-refractivity contribution is -0.150. The van der Waals surface area contributed by atoms with Crippen molar-refractivity contribution in [3.63, 3.8) is 0 Å². The van der Waals surface area contributed by atoms with Crippen molar-refractivity contribution in [3.8, 4) is 0 Å². The van der Waals surface area contributed by atoms with Crippen molar-refractivity contribution in [2.75, 3.05) is 19.6 Å². The summed E-state index contributed by atoms with van der Waals surface area (Å²) in [7, 11) is 0. The van der Waals surface area contributed by atoms with Gasteiger partial charge in [0.2, 0.25) is 17.7 Å². The van der Waals surface area contributed by atoms with Gasteiger partial charge in [0, 0.05) is 38.9 Å². The monoisotopic (exact) mass is 456 g/mol. The number of aromatic nitrogens is 3. The third-order valence-electron chi connectivity index (χ3n) is 6.41. The van der Waals surface area contributed by atoms with Crippen LogP contribution in [0.4, 0.5) is 4.39 Å². The van der Waals surface area contributed by atoms with Gasteiger partial charge in [0.05, 0.1) is 6.04 Å². The van der Waals surface area contributed by atoms with E-state index in [-0.39, 0.29) is 42.4 Å². The summed E-state index contributed by atoms with van der Waals surface area (Å²) in [6.07, 6.45) is 2.22. The molecule has 3 heterocycles. The lowest BCUT2D eigenvalue weighted by atomic mass is 9.98. The maximum atomic E-state index is 13.1. The van der Waals surface area contributed by atoms with Crippen molar-refractivity contribution in [2.24, 2.45) is 0 Å². The third-order valence-corrected chi connectivity index (χ3v) is 6.41. The van der Waals surface area contributed by atoms with E-state index in [1.165, 1.54) is 12.1 Å². The number of nitrogens with zero attached hydrogens (tertiary/aromatic N) is 4. The van der Waals surface area contributed by atoms with Gasteiger partial charge in [0.15, 0.2) is 5.82 Å². The summed E-state index contributed by atoms with van der Waals surface area (Å²) >= 11 is 0. The number of benzene rings is 1. The van der Waals surface area contributed by atoms with Crippen LogP contribution in [0.5, 0.6) is 0 Å². The van der Waals surface area contributed by atoms with Crippen molar-refractivity contribution in [1.29, 1.82) is 0 Å². The fourth-order valence-electron chi connectivity index (χ4n) is 4.50. The first-order valence-corrected chi connectivity index (χ1v) is 11.3. The zero-order valence-corrected chi connectivity index (χ0v) is 18.9. The molecule has 0 radical (unpaired) electrons. The average molecular weight is 457 g/mol. The summed E-state index contributed by atoms with van der Waals surface area (Å²) in [5.74, 6) is 0.417. The van der Waals surface area contributed by atoms with Crippen LogP contribution < -0.4 is 5.32 Å². The molecule has 2 aliphatic heterocycles. The quantitative estimate of drug-likeness (QED) is 0.688. The molecular formula is C23H29FN6O3. The van der Waals surface area contributed by atoms with Crippen LogP contribution >= 0.6 is 0 Å². The van der Waals surface area contributed by atoms with E-state index in [4.69, 9.17) is 0 Å². The van der Waals surface area contributed by atoms with E-state index in [0.29, 0.717) is 37.7 Å². The van der Waals surface area contributed by atoms with Crippen LogP contribution in [0, 0.1) is 5.82 Å². The molecule has 2 aliphatic rings. The Kier molecular flexibility index (Phi) is 6.44. The fourth-order valence-corrected chi connectivity index (χ4v) is 4.50. The molecule has 2 fully saturated rings.